The average molecular weight is 322 g/mol. The summed E-state index contributed by atoms with van der Waals surface area (Å²) < 4.78 is 5.26. The summed E-state index contributed by atoms with van der Waals surface area (Å²) in [4.78, 5) is 14.0. The third kappa shape index (κ3) is 2.41. The predicted octanol–water partition coefficient (Wildman–Crippen LogP) is 3.59. The number of nitrogens with one attached hydrogen (secondary N) is 1. The van der Waals surface area contributed by atoms with Crippen LogP contribution >= 0.6 is 23.2 Å². The van der Waals surface area contributed by atoms with Gasteiger partial charge in [0.2, 0.25) is 5.56 Å². The first-order valence-corrected chi connectivity index (χ1v) is 6.72. The first-order valence-electron chi connectivity index (χ1n) is 5.96. The van der Waals surface area contributed by atoms with Crippen molar-refractivity contribution in [1.82, 2.24) is 10.1 Å². The quantitative estimate of drug-likeness (QED) is 0.755. The van der Waals surface area contributed by atoms with Crippen molar-refractivity contribution >= 4 is 29.0 Å². The number of aromatic nitrogens is 2. The van der Waals surface area contributed by atoms with E-state index in [4.69, 9.17) is 33.5 Å². The molecule has 1 aromatic carbocycles. The van der Waals surface area contributed by atoms with Gasteiger partial charge in [0, 0.05) is 23.4 Å². The SMILES string of the molecule is Nc1noc(-c2cc[nH]c(=O)c2)c1-c1c(Cl)cccc1Cl. The monoisotopic (exact) mass is 321 g/mol. The van der Waals surface area contributed by atoms with Gasteiger partial charge in [-0.1, -0.05) is 34.4 Å². The summed E-state index contributed by atoms with van der Waals surface area (Å²) in [5, 5.41) is 4.59. The molecular formula is C14H9Cl2N3O2. The number of nitrogens with zero attached hydrogens (tertiary/aromatic N) is 1. The van der Waals surface area contributed by atoms with Crippen LogP contribution in [0.3, 0.4) is 0 Å². The summed E-state index contributed by atoms with van der Waals surface area (Å²) in [7, 11) is 0. The minimum atomic E-state index is -0.265. The van der Waals surface area contributed by atoms with Crippen molar-refractivity contribution in [3.05, 3.63) is 56.9 Å². The van der Waals surface area contributed by atoms with Crippen LogP contribution in [-0.4, -0.2) is 10.1 Å². The summed E-state index contributed by atoms with van der Waals surface area (Å²) in [5.74, 6) is 0.494. The third-order valence-corrected chi connectivity index (χ3v) is 3.60. The van der Waals surface area contributed by atoms with Gasteiger partial charge in [0.1, 0.15) is 0 Å². The van der Waals surface area contributed by atoms with Crippen LogP contribution in [-0.2, 0) is 0 Å². The maximum absolute atomic E-state index is 11.5. The molecule has 106 valence electrons. The highest BCUT2D eigenvalue weighted by atomic mass is 35.5. The molecule has 0 aliphatic heterocycles. The van der Waals surface area contributed by atoms with Crippen LogP contribution in [0.1, 0.15) is 0 Å². The smallest absolute Gasteiger partial charge is 0.248 e. The molecule has 0 radical (unpaired) electrons. The Balaban J connectivity index is 2.30. The first-order chi connectivity index (χ1) is 10.1. The van der Waals surface area contributed by atoms with Crippen LogP contribution in [0.4, 0.5) is 5.82 Å². The fourth-order valence-electron chi connectivity index (χ4n) is 2.06. The number of nitrogens with two attached hydrogens (primary N) is 1. The second-order valence-corrected chi connectivity index (χ2v) is 5.12. The Morgan fingerprint density at radius 3 is 2.52 bits per heavy atom. The fourth-order valence-corrected chi connectivity index (χ4v) is 2.65. The van der Waals surface area contributed by atoms with Crippen LogP contribution in [0, 0.1) is 0 Å². The van der Waals surface area contributed by atoms with Gasteiger partial charge >= 0.3 is 0 Å². The molecule has 21 heavy (non-hydrogen) atoms. The summed E-state index contributed by atoms with van der Waals surface area (Å²) in [6.45, 7) is 0. The van der Waals surface area contributed by atoms with E-state index in [9.17, 15) is 4.79 Å². The zero-order valence-electron chi connectivity index (χ0n) is 10.6. The molecule has 0 atom stereocenters. The second-order valence-electron chi connectivity index (χ2n) is 4.31. The van der Waals surface area contributed by atoms with Crippen LogP contribution in [0.2, 0.25) is 10.0 Å². The number of anilines is 1. The lowest BCUT2D eigenvalue weighted by Gasteiger charge is -2.07. The van der Waals surface area contributed by atoms with E-state index >= 15 is 0 Å². The van der Waals surface area contributed by atoms with E-state index in [-0.39, 0.29) is 11.4 Å². The molecule has 2 aromatic heterocycles. The Labute approximate surface area is 129 Å². The van der Waals surface area contributed by atoms with Gasteiger partial charge in [0.25, 0.3) is 0 Å². The van der Waals surface area contributed by atoms with Crippen molar-refractivity contribution in [1.29, 1.82) is 0 Å². The van der Waals surface area contributed by atoms with Crippen molar-refractivity contribution in [2.75, 3.05) is 5.73 Å². The molecule has 0 aliphatic rings. The highest BCUT2D eigenvalue weighted by Gasteiger charge is 2.22. The molecule has 3 rings (SSSR count). The van der Waals surface area contributed by atoms with E-state index in [0.29, 0.717) is 32.5 Å². The third-order valence-electron chi connectivity index (χ3n) is 2.97. The Morgan fingerprint density at radius 1 is 1.14 bits per heavy atom. The molecule has 0 unspecified atom stereocenters. The van der Waals surface area contributed by atoms with Gasteiger partial charge < -0.3 is 15.2 Å². The number of H-pyrrole nitrogens is 1. The van der Waals surface area contributed by atoms with Gasteiger partial charge in [-0.2, -0.15) is 0 Å². The highest BCUT2D eigenvalue weighted by molar-refractivity contribution is 6.39. The lowest BCUT2D eigenvalue weighted by Crippen LogP contribution is -2.02. The summed E-state index contributed by atoms with van der Waals surface area (Å²) in [6, 6.07) is 8.17. The van der Waals surface area contributed by atoms with E-state index < -0.39 is 0 Å². The molecule has 0 saturated heterocycles. The molecule has 0 bridgehead atoms. The zero-order valence-corrected chi connectivity index (χ0v) is 12.1. The Kier molecular flexibility index (Phi) is 3.45. The molecule has 3 N–H and O–H groups in total. The largest absolute Gasteiger partial charge is 0.380 e. The minimum Gasteiger partial charge on any atom is -0.380 e. The van der Waals surface area contributed by atoms with Gasteiger partial charge in [-0.05, 0) is 18.2 Å². The summed E-state index contributed by atoms with van der Waals surface area (Å²) in [5.41, 5.74) is 7.14. The lowest BCUT2D eigenvalue weighted by atomic mass is 10.0. The number of rotatable bonds is 2. The van der Waals surface area contributed by atoms with Gasteiger partial charge in [-0.15, -0.1) is 0 Å². The summed E-state index contributed by atoms with van der Waals surface area (Å²) in [6.07, 6.45) is 1.51. The van der Waals surface area contributed by atoms with Crippen molar-refractivity contribution in [2.24, 2.45) is 0 Å². The van der Waals surface area contributed by atoms with Gasteiger partial charge in [-0.25, -0.2) is 0 Å². The highest BCUT2D eigenvalue weighted by Crippen LogP contribution is 2.43. The maximum atomic E-state index is 11.5. The Bertz CT molecular complexity index is 850. The Hall–Kier alpha value is -2.24. The van der Waals surface area contributed by atoms with Gasteiger partial charge in [0.15, 0.2) is 11.6 Å². The van der Waals surface area contributed by atoms with Crippen molar-refractivity contribution < 1.29 is 4.52 Å². The van der Waals surface area contributed by atoms with E-state index in [1.807, 2.05) is 0 Å². The first kappa shape index (κ1) is 13.7. The zero-order chi connectivity index (χ0) is 15.0. The molecule has 7 heteroatoms. The fraction of sp³-hybridized carbons (Fsp3) is 0. The number of benzene rings is 1. The average Bonchev–Trinajstić information content (AvgIpc) is 2.81. The van der Waals surface area contributed by atoms with Crippen molar-refractivity contribution in [3.63, 3.8) is 0 Å². The molecule has 3 aromatic rings. The molecular weight excluding hydrogens is 313 g/mol. The lowest BCUT2D eigenvalue weighted by molar-refractivity contribution is 0.436. The minimum absolute atomic E-state index is 0.153. The number of hydrogen-bond donors (Lipinski definition) is 2. The molecule has 0 fully saturated rings. The number of aromatic amines is 1. The van der Waals surface area contributed by atoms with Crippen molar-refractivity contribution in [3.8, 4) is 22.5 Å². The van der Waals surface area contributed by atoms with Gasteiger partial charge in [0.05, 0.1) is 15.6 Å². The van der Waals surface area contributed by atoms with E-state index in [1.54, 1.807) is 24.3 Å². The van der Waals surface area contributed by atoms with Crippen LogP contribution < -0.4 is 11.3 Å². The van der Waals surface area contributed by atoms with E-state index in [0.717, 1.165) is 0 Å². The van der Waals surface area contributed by atoms with E-state index in [1.165, 1.54) is 12.3 Å². The van der Waals surface area contributed by atoms with Crippen LogP contribution in [0.25, 0.3) is 22.5 Å². The molecule has 0 amide bonds. The Morgan fingerprint density at radius 2 is 1.86 bits per heavy atom. The summed E-state index contributed by atoms with van der Waals surface area (Å²) >= 11 is 12.4. The number of halogens is 2. The topological polar surface area (TPSA) is 84.9 Å². The van der Waals surface area contributed by atoms with E-state index in [2.05, 4.69) is 10.1 Å². The maximum Gasteiger partial charge on any atom is 0.248 e. The normalized spacial score (nSPS) is 10.8. The van der Waals surface area contributed by atoms with Crippen molar-refractivity contribution in [2.45, 2.75) is 0 Å². The predicted molar refractivity (Wildman–Crippen MR) is 82.4 cm³/mol. The standard InChI is InChI=1S/C14H9Cl2N3O2/c15-8-2-1-3-9(16)11(8)12-13(21-19-14(12)17)7-4-5-18-10(20)6-7/h1-6H,(H2,17,19)(H,18,20). The van der Waals surface area contributed by atoms with Gasteiger partial charge in [-0.3, -0.25) is 4.79 Å². The molecule has 0 aliphatic carbocycles. The number of nitrogen functional groups attached to an aromatic ring is 1. The molecule has 5 nitrogen and oxygen atoms in total. The molecule has 2 heterocycles. The molecule has 0 spiro atoms. The van der Waals surface area contributed by atoms with Crippen LogP contribution in [0.15, 0.2) is 45.8 Å². The van der Waals surface area contributed by atoms with Crippen LogP contribution in [0.5, 0.6) is 0 Å². The number of pyridine rings is 1. The molecule has 0 saturated carbocycles. The second kappa shape index (κ2) is 5.27. The number of hydrogen-bond acceptors (Lipinski definition) is 4.